The Morgan fingerprint density at radius 1 is 1.53 bits per heavy atom. The van der Waals surface area contributed by atoms with Gasteiger partial charge in [-0.25, -0.2) is 4.79 Å². The molecule has 1 N–H and O–H groups in total. The number of carbonyl (C=O) groups is 1. The van der Waals surface area contributed by atoms with Gasteiger partial charge in [0.1, 0.15) is 6.10 Å². The molecule has 0 aliphatic rings. The van der Waals surface area contributed by atoms with Gasteiger partial charge in [-0.3, -0.25) is 0 Å². The fourth-order valence-corrected chi connectivity index (χ4v) is 1.10. The van der Waals surface area contributed by atoms with E-state index in [1.807, 2.05) is 25.1 Å². The zero-order valence-corrected chi connectivity index (χ0v) is 8.65. The molecule has 1 aromatic carbocycles. The first-order valence-electron chi connectivity index (χ1n) is 4.47. The number of hydrogen-bond donors (Lipinski definition) is 1. The third-order valence-electron chi connectivity index (χ3n) is 1.85. The second kappa shape index (κ2) is 5.18. The minimum absolute atomic E-state index is 0.651. The van der Waals surface area contributed by atoms with Gasteiger partial charge < -0.3 is 9.84 Å². The SMILES string of the molecule is COC(=O)C#C[C@@H](O)c1cccc(C)c1. The Hall–Kier alpha value is -1.79. The van der Waals surface area contributed by atoms with Crippen LogP contribution >= 0.6 is 0 Å². The van der Waals surface area contributed by atoms with Crippen molar-refractivity contribution in [1.29, 1.82) is 0 Å². The average Bonchev–Trinajstić information content (AvgIpc) is 2.25. The number of aliphatic hydroxyl groups is 1. The van der Waals surface area contributed by atoms with Crippen LogP contribution in [0.25, 0.3) is 0 Å². The van der Waals surface area contributed by atoms with Gasteiger partial charge in [-0.2, -0.15) is 0 Å². The van der Waals surface area contributed by atoms with Crippen molar-refractivity contribution in [3.63, 3.8) is 0 Å². The Balaban J connectivity index is 2.80. The topological polar surface area (TPSA) is 46.5 Å². The summed E-state index contributed by atoms with van der Waals surface area (Å²) in [6.45, 7) is 1.92. The highest BCUT2D eigenvalue weighted by Gasteiger charge is 2.03. The minimum atomic E-state index is -0.955. The quantitative estimate of drug-likeness (QED) is 0.425. The summed E-state index contributed by atoms with van der Waals surface area (Å²) in [5.41, 5.74) is 1.71. The van der Waals surface area contributed by atoms with Gasteiger partial charge in [0.25, 0.3) is 0 Å². The highest BCUT2D eigenvalue weighted by molar-refractivity contribution is 5.88. The summed E-state index contributed by atoms with van der Waals surface area (Å²) in [5.74, 6) is 3.95. The van der Waals surface area contributed by atoms with Crippen LogP contribution < -0.4 is 0 Å². The van der Waals surface area contributed by atoms with Crippen LogP contribution in [0.15, 0.2) is 24.3 Å². The van der Waals surface area contributed by atoms with Crippen LogP contribution in [0.4, 0.5) is 0 Å². The number of aliphatic hydroxyl groups excluding tert-OH is 1. The normalized spacial score (nSPS) is 11.1. The molecule has 0 aliphatic heterocycles. The van der Waals surface area contributed by atoms with E-state index in [0.29, 0.717) is 5.56 Å². The van der Waals surface area contributed by atoms with Gasteiger partial charge in [0.2, 0.25) is 0 Å². The predicted octanol–water partition coefficient (Wildman–Crippen LogP) is 1.20. The summed E-state index contributed by atoms with van der Waals surface area (Å²) >= 11 is 0. The number of carbonyl (C=O) groups excluding carboxylic acids is 1. The summed E-state index contributed by atoms with van der Waals surface area (Å²) in [6, 6.07) is 7.32. The summed E-state index contributed by atoms with van der Waals surface area (Å²) in [6.07, 6.45) is -0.955. The first kappa shape index (κ1) is 11.3. The first-order valence-corrected chi connectivity index (χ1v) is 4.47. The number of benzene rings is 1. The highest BCUT2D eigenvalue weighted by atomic mass is 16.5. The molecule has 0 amide bonds. The van der Waals surface area contributed by atoms with Crippen LogP contribution in [0.5, 0.6) is 0 Å². The lowest BCUT2D eigenvalue weighted by Gasteiger charge is -2.03. The smallest absolute Gasteiger partial charge is 0.384 e. The largest absolute Gasteiger partial charge is 0.459 e. The Morgan fingerprint density at radius 2 is 2.27 bits per heavy atom. The van der Waals surface area contributed by atoms with Gasteiger partial charge in [-0.05, 0) is 12.5 Å². The van der Waals surface area contributed by atoms with E-state index in [1.165, 1.54) is 7.11 Å². The number of rotatable bonds is 1. The summed E-state index contributed by atoms with van der Waals surface area (Å²) in [7, 11) is 1.25. The lowest BCUT2D eigenvalue weighted by atomic mass is 10.1. The molecule has 1 atom stereocenters. The van der Waals surface area contributed by atoms with Crippen molar-refractivity contribution in [3.05, 3.63) is 35.4 Å². The zero-order chi connectivity index (χ0) is 11.3. The second-order valence-corrected chi connectivity index (χ2v) is 3.08. The summed E-state index contributed by atoms with van der Waals surface area (Å²) < 4.78 is 4.34. The lowest BCUT2D eigenvalue weighted by molar-refractivity contribution is -0.133. The summed E-state index contributed by atoms with van der Waals surface area (Å²) in [5, 5.41) is 9.61. The fraction of sp³-hybridized carbons (Fsp3) is 0.250. The van der Waals surface area contributed by atoms with E-state index in [2.05, 4.69) is 16.6 Å². The van der Waals surface area contributed by atoms with E-state index >= 15 is 0 Å². The molecular weight excluding hydrogens is 192 g/mol. The van der Waals surface area contributed by atoms with E-state index in [4.69, 9.17) is 0 Å². The molecule has 0 radical (unpaired) electrons. The van der Waals surface area contributed by atoms with Gasteiger partial charge in [0, 0.05) is 5.92 Å². The number of methoxy groups -OCH3 is 1. The van der Waals surface area contributed by atoms with Crippen LogP contribution in [0.3, 0.4) is 0 Å². The maximum absolute atomic E-state index is 10.7. The number of esters is 1. The van der Waals surface area contributed by atoms with Gasteiger partial charge in [0.05, 0.1) is 7.11 Å². The standard InChI is InChI=1S/C12H12O3/c1-9-4-3-5-10(8-9)11(13)6-7-12(14)15-2/h3-5,8,11,13H,1-2H3/t11-/m1/s1. The fourth-order valence-electron chi connectivity index (χ4n) is 1.10. The van der Waals surface area contributed by atoms with Crippen molar-refractivity contribution < 1.29 is 14.6 Å². The minimum Gasteiger partial charge on any atom is -0.459 e. The maximum atomic E-state index is 10.7. The maximum Gasteiger partial charge on any atom is 0.384 e. The Labute approximate surface area is 88.7 Å². The van der Waals surface area contributed by atoms with Crippen molar-refractivity contribution >= 4 is 5.97 Å². The molecule has 0 aromatic heterocycles. The van der Waals surface area contributed by atoms with Gasteiger partial charge in [-0.15, -0.1) is 0 Å². The number of hydrogen-bond acceptors (Lipinski definition) is 3. The molecule has 0 saturated heterocycles. The molecule has 0 unspecified atom stereocenters. The zero-order valence-electron chi connectivity index (χ0n) is 8.65. The molecule has 1 aromatic rings. The predicted molar refractivity (Wildman–Crippen MR) is 55.9 cm³/mol. The van der Waals surface area contributed by atoms with Crippen LogP contribution in [0.1, 0.15) is 17.2 Å². The molecule has 3 nitrogen and oxygen atoms in total. The number of ether oxygens (including phenoxy) is 1. The monoisotopic (exact) mass is 204 g/mol. The van der Waals surface area contributed by atoms with E-state index in [0.717, 1.165) is 5.56 Å². The first-order chi connectivity index (χ1) is 7.13. The molecular formula is C12H12O3. The third-order valence-corrected chi connectivity index (χ3v) is 1.85. The third kappa shape index (κ3) is 3.45. The lowest BCUT2D eigenvalue weighted by Crippen LogP contribution is -1.98. The van der Waals surface area contributed by atoms with Gasteiger partial charge in [-0.1, -0.05) is 35.7 Å². The Kier molecular flexibility index (Phi) is 3.90. The van der Waals surface area contributed by atoms with Crippen LogP contribution in [0.2, 0.25) is 0 Å². The average molecular weight is 204 g/mol. The molecule has 0 aliphatic carbocycles. The van der Waals surface area contributed by atoms with E-state index < -0.39 is 12.1 Å². The molecule has 15 heavy (non-hydrogen) atoms. The van der Waals surface area contributed by atoms with Crippen molar-refractivity contribution in [1.82, 2.24) is 0 Å². The van der Waals surface area contributed by atoms with Crippen LogP contribution in [0, 0.1) is 18.8 Å². The molecule has 0 bridgehead atoms. The molecule has 1 rings (SSSR count). The summed E-state index contributed by atoms with van der Waals surface area (Å²) in [4.78, 5) is 10.7. The molecule has 0 fully saturated rings. The van der Waals surface area contributed by atoms with E-state index in [-0.39, 0.29) is 0 Å². The van der Waals surface area contributed by atoms with E-state index in [1.54, 1.807) is 6.07 Å². The number of aryl methyl sites for hydroxylation is 1. The van der Waals surface area contributed by atoms with Gasteiger partial charge >= 0.3 is 5.97 Å². The van der Waals surface area contributed by atoms with Crippen molar-refractivity contribution in [2.24, 2.45) is 0 Å². The second-order valence-electron chi connectivity index (χ2n) is 3.08. The Bertz CT molecular complexity index is 412. The molecule has 78 valence electrons. The molecule has 0 saturated carbocycles. The van der Waals surface area contributed by atoms with E-state index in [9.17, 15) is 9.90 Å². The van der Waals surface area contributed by atoms with Crippen LogP contribution in [-0.4, -0.2) is 18.2 Å². The van der Waals surface area contributed by atoms with Gasteiger partial charge in [0.15, 0.2) is 0 Å². The van der Waals surface area contributed by atoms with Crippen LogP contribution in [-0.2, 0) is 9.53 Å². The Morgan fingerprint density at radius 3 is 2.87 bits per heavy atom. The van der Waals surface area contributed by atoms with Crippen molar-refractivity contribution in [2.75, 3.05) is 7.11 Å². The highest BCUT2D eigenvalue weighted by Crippen LogP contribution is 2.12. The molecule has 0 spiro atoms. The molecule has 3 heteroatoms. The van der Waals surface area contributed by atoms with Crippen molar-refractivity contribution in [2.45, 2.75) is 13.0 Å². The molecule has 0 heterocycles. The van der Waals surface area contributed by atoms with Crippen molar-refractivity contribution in [3.8, 4) is 11.8 Å².